The Kier molecular flexibility index (Phi) is 4.12. The molecule has 0 aromatic heterocycles. The van der Waals surface area contributed by atoms with Crippen molar-refractivity contribution in [3.8, 4) is 0 Å². The first-order valence-corrected chi connectivity index (χ1v) is 5.02. The van der Waals surface area contributed by atoms with Crippen molar-refractivity contribution < 1.29 is 14.6 Å². The predicted molar refractivity (Wildman–Crippen MR) is 58.0 cm³/mol. The Balaban J connectivity index is 2.89. The lowest BCUT2D eigenvalue weighted by molar-refractivity contribution is -0.153. The van der Waals surface area contributed by atoms with Gasteiger partial charge >= 0.3 is 5.97 Å². The summed E-state index contributed by atoms with van der Waals surface area (Å²) in [6, 6.07) is 6.61. The minimum atomic E-state index is -0.994. The number of hydrogen-bond acceptors (Lipinski definition) is 2. The molecule has 0 aliphatic rings. The van der Waals surface area contributed by atoms with Gasteiger partial charge in [0.2, 0.25) is 0 Å². The zero-order valence-corrected chi connectivity index (χ0v) is 9.36. The van der Waals surface area contributed by atoms with Crippen LogP contribution in [0.1, 0.15) is 25.5 Å². The second kappa shape index (κ2) is 5.14. The van der Waals surface area contributed by atoms with Crippen molar-refractivity contribution in [1.29, 1.82) is 0 Å². The number of carboxylic acids is 1. The monoisotopic (exact) mass is 228 g/mol. The molecule has 0 heterocycles. The normalized spacial score (nSPS) is 12.8. The largest absolute Gasteiger partial charge is 0.479 e. The quantitative estimate of drug-likeness (QED) is 0.862. The number of rotatable bonds is 4. The molecular weight excluding hydrogens is 216 g/mol. The van der Waals surface area contributed by atoms with Crippen LogP contribution in [0.4, 0.5) is 0 Å². The van der Waals surface area contributed by atoms with Gasteiger partial charge in [-0.1, -0.05) is 23.7 Å². The Hall–Kier alpha value is -1.06. The van der Waals surface area contributed by atoms with E-state index in [4.69, 9.17) is 21.4 Å². The summed E-state index contributed by atoms with van der Waals surface area (Å²) in [6.45, 7) is 3.59. The van der Waals surface area contributed by atoms with E-state index in [1.165, 1.54) is 0 Å². The van der Waals surface area contributed by atoms with E-state index in [0.29, 0.717) is 10.6 Å². The van der Waals surface area contributed by atoms with Crippen LogP contribution in [-0.2, 0) is 9.53 Å². The molecule has 0 spiro atoms. The van der Waals surface area contributed by atoms with Crippen molar-refractivity contribution in [3.05, 3.63) is 34.9 Å². The third-order valence-corrected chi connectivity index (χ3v) is 2.06. The topological polar surface area (TPSA) is 46.5 Å². The second-order valence-corrected chi connectivity index (χ2v) is 3.89. The Morgan fingerprint density at radius 1 is 1.33 bits per heavy atom. The van der Waals surface area contributed by atoms with Crippen molar-refractivity contribution in [2.45, 2.75) is 26.1 Å². The van der Waals surface area contributed by atoms with Crippen molar-refractivity contribution >= 4 is 17.6 Å². The standard InChI is InChI=1S/C11H13ClO3/c1-7(2)15-10(11(13)14)8-3-5-9(12)6-4-8/h3-7,10H,1-2H3,(H,13,14). The fraction of sp³-hybridized carbons (Fsp3) is 0.364. The van der Waals surface area contributed by atoms with Crippen LogP contribution in [0.25, 0.3) is 0 Å². The smallest absolute Gasteiger partial charge is 0.337 e. The van der Waals surface area contributed by atoms with E-state index >= 15 is 0 Å². The van der Waals surface area contributed by atoms with E-state index < -0.39 is 12.1 Å². The third kappa shape index (κ3) is 3.53. The van der Waals surface area contributed by atoms with E-state index in [9.17, 15) is 4.79 Å². The van der Waals surface area contributed by atoms with E-state index in [1.807, 2.05) is 0 Å². The SMILES string of the molecule is CC(C)OC(C(=O)O)c1ccc(Cl)cc1. The number of hydrogen-bond donors (Lipinski definition) is 1. The zero-order chi connectivity index (χ0) is 11.4. The predicted octanol–water partition coefficient (Wildman–Crippen LogP) is 2.89. The maximum Gasteiger partial charge on any atom is 0.337 e. The van der Waals surface area contributed by atoms with Crippen LogP contribution in [0, 0.1) is 0 Å². The molecule has 1 atom stereocenters. The first kappa shape index (κ1) is 12.0. The molecule has 0 aliphatic carbocycles. The molecule has 3 nitrogen and oxygen atoms in total. The van der Waals surface area contributed by atoms with Crippen LogP contribution in [0.15, 0.2) is 24.3 Å². The zero-order valence-electron chi connectivity index (χ0n) is 8.61. The number of ether oxygens (including phenoxy) is 1. The second-order valence-electron chi connectivity index (χ2n) is 3.45. The van der Waals surface area contributed by atoms with Crippen molar-refractivity contribution in [1.82, 2.24) is 0 Å². The van der Waals surface area contributed by atoms with Gasteiger partial charge in [-0.3, -0.25) is 0 Å². The molecule has 0 aliphatic heterocycles. The third-order valence-electron chi connectivity index (χ3n) is 1.81. The van der Waals surface area contributed by atoms with Crippen LogP contribution in [-0.4, -0.2) is 17.2 Å². The molecular formula is C11H13ClO3. The van der Waals surface area contributed by atoms with Gasteiger partial charge in [0.05, 0.1) is 6.10 Å². The molecule has 0 fully saturated rings. The molecule has 0 saturated heterocycles. The fourth-order valence-corrected chi connectivity index (χ4v) is 1.32. The summed E-state index contributed by atoms with van der Waals surface area (Å²) in [4.78, 5) is 11.0. The molecule has 1 rings (SSSR count). The van der Waals surface area contributed by atoms with Gasteiger partial charge in [-0.2, -0.15) is 0 Å². The van der Waals surface area contributed by atoms with Crippen molar-refractivity contribution in [3.63, 3.8) is 0 Å². The van der Waals surface area contributed by atoms with Gasteiger partial charge in [0.25, 0.3) is 0 Å². The van der Waals surface area contributed by atoms with Crippen LogP contribution in [0.2, 0.25) is 5.02 Å². The Bertz CT molecular complexity index is 332. The highest BCUT2D eigenvalue weighted by atomic mass is 35.5. The van der Waals surface area contributed by atoms with Gasteiger partial charge in [0.15, 0.2) is 6.10 Å². The highest BCUT2D eigenvalue weighted by Gasteiger charge is 2.21. The van der Waals surface area contributed by atoms with Gasteiger partial charge in [-0.25, -0.2) is 4.79 Å². The van der Waals surface area contributed by atoms with Gasteiger partial charge in [-0.15, -0.1) is 0 Å². The van der Waals surface area contributed by atoms with E-state index in [0.717, 1.165) is 0 Å². The fourth-order valence-electron chi connectivity index (χ4n) is 1.19. The van der Waals surface area contributed by atoms with Crippen molar-refractivity contribution in [2.75, 3.05) is 0 Å². The maximum absolute atomic E-state index is 11.0. The van der Waals surface area contributed by atoms with Crippen LogP contribution < -0.4 is 0 Å². The van der Waals surface area contributed by atoms with Gasteiger partial charge in [0, 0.05) is 5.02 Å². The molecule has 1 unspecified atom stereocenters. The molecule has 0 bridgehead atoms. The first-order valence-electron chi connectivity index (χ1n) is 4.64. The Labute approximate surface area is 93.6 Å². The summed E-state index contributed by atoms with van der Waals surface area (Å²) in [5, 5.41) is 9.56. The Morgan fingerprint density at radius 2 is 1.87 bits per heavy atom. The number of carbonyl (C=O) groups is 1. The van der Waals surface area contributed by atoms with Gasteiger partial charge < -0.3 is 9.84 Å². The molecule has 0 saturated carbocycles. The van der Waals surface area contributed by atoms with E-state index in [-0.39, 0.29) is 6.10 Å². The highest BCUT2D eigenvalue weighted by Crippen LogP contribution is 2.21. The lowest BCUT2D eigenvalue weighted by atomic mass is 10.1. The summed E-state index contributed by atoms with van der Waals surface area (Å²) in [5.41, 5.74) is 0.598. The molecule has 1 aromatic rings. The Morgan fingerprint density at radius 3 is 2.27 bits per heavy atom. The summed E-state index contributed by atoms with van der Waals surface area (Å²) >= 11 is 5.71. The van der Waals surface area contributed by atoms with Crippen molar-refractivity contribution in [2.24, 2.45) is 0 Å². The number of halogens is 1. The molecule has 1 N–H and O–H groups in total. The molecule has 1 aromatic carbocycles. The van der Waals surface area contributed by atoms with Gasteiger partial charge in [0.1, 0.15) is 0 Å². The summed E-state index contributed by atoms with van der Waals surface area (Å²) in [5.74, 6) is -0.994. The molecule has 15 heavy (non-hydrogen) atoms. The van der Waals surface area contributed by atoms with E-state index in [1.54, 1.807) is 38.1 Å². The summed E-state index contributed by atoms with van der Waals surface area (Å²) in [7, 11) is 0. The maximum atomic E-state index is 11.0. The number of benzene rings is 1. The van der Waals surface area contributed by atoms with Crippen LogP contribution in [0.5, 0.6) is 0 Å². The van der Waals surface area contributed by atoms with E-state index in [2.05, 4.69) is 0 Å². The lowest BCUT2D eigenvalue weighted by Gasteiger charge is -2.16. The molecule has 0 amide bonds. The lowest BCUT2D eigenvalue weighted by Crippen LogP contribution is -2.19. The number of aliphatic carboxylic acids is 1. The highest BCUT2D eigenvalue weighted by molar-refractivity contribution is 6.30. The van der Waals surface area contributed by atoms with Crippen LogP contribution >= 0.6 is 11.6 Å². The summed E-state index contributed by atoms with van der Waals surface area (Å²) < 4.78 is 5.30. The molecule has 0 radical (unpaired) electrons. The first-order chi connectivity index (χ1) is 7.00. The average molecular weight is 229 g/mol. The number of carboxylic acid groups (broad SMARTS) is 1. The minimum absolute atomic E-state index is 0.137. The van der Waals surface area contributed by atoms with Gasteiger partial charge in [-0.05, 0) is 31.5 Å². The molecule has 82 valence electrons. The average Bonchev–Trinajstić information content (AvgIpc) is 2.15. The minimum Gasteiger partial charge on any atom is -0.479 e. The summed E-state index contributed by atoms with van der Waals surface area (Å²) in [6.07, 6.45) is -1.07. The molecule has 4 heteroatoms. The van der Waals surface area contributed by atoms with Crippen LogP contribution in [0.3, 0.4) is 0 Å².